The van der Waals surface area contributed by atoms with Gasteiger partial charge in [0.25, 0.3) is 0 Å². The first-order chi connectivity index (χ1) is 10.6. The normalized spacial score (nSPS) is 19.7. The number of halogens is 1. The van der Waals surface area contributed by atoms with Crippen molar-refractivity contribution in [3.63, 3.8) is 0 Å². The molecular weight excluding hydrogens is 304 g/mol. The van der Waals surface area contributed by atoms with E-state index in [-0.39, 0.29) is 0 Å². The Kier molecular flexibility index (Phi) is 4.52. The number of ether oxygens (including phenoxy) is 1. The zero-order chi connectivity index (χ0) is 15.7. The Labute approximate surface area is 135 Å². The number of morpholine rings is 1. The fourth-order valence-electron chi connectivity index (χ4n) is 2.85. The lowest BCUT2D eigenvalue weighted by atomic mass is 10.1. The molecule has 0 aliphatic carbocycles. The first-order valence-electron chi connectivity index (χ1n) is 7.57. The lowest BCUT2D eigenvalue weighted by Crippen LogP contribution is -2.44. The monoisotopic (exact) mass is 324 g/mol. The summed E-state index contributed by atoms with van der Waals surface area (Å²) in [5.41, 5.74) is 2.53. The van der Waals surface area contributed by atoms with Crippen molar-refractivity contribution < 1.29 is 9.26 Å². The van der Waals surface area contributed by atoms with Crippen LogP contribution in [0.5, 0.6) is 0 Å². The third-order valence-corrected chi connectivity index (χ3v) is 4.59. The van der Waals surface area contributed by atoms with Crippen LogP contribution in [0.4, 0.5) is 0 Å². The molecule has 1 aliphatic heterocycles. The Bertz CT molecular complexity index is 652. The van der Waals surface area contributed by atoms with Gasteiger partial charge in [-0.15, -0.1) is 0 Å². The van der Waals surface area contributed by atoms with E-state index in [1.807, 2.05) is 20.0 Å². The highest BCUT2D eigenvalue weighted by Crippen LogP contribution is 2.30. The molecule has 3 heterocycles. The summed E-state index contributed by atoms with van der Waals surface area (Å²) in [6.07, 6.45) is 1.05. The van der Waals surface area contributed by atoms with Gasteiger partial charge in [-0.05, 0) is 13.3 Å². The molecule has 2 aromatic rings. The predicted octanol–water partition coefficient (Wildman–Crippen LogP) is 2.65. The quantitative estimate of drug-likeness (QED) is 0.865. The second kappa shape index (κ2) is 6.40. The maximum Gasteiger partial charge on any atom is 0.134 e. The van der Waals surface area contributed by atoms with Crippen molar-refractivity contribution in [3.8, 4) is 11.4 Å². The van der Waals surface area contributed by atoms with Crippen LogP contribution in [-0.4, -0.2) is 45.6 Å². The minimum absolute atomic E-state index is 0.414. The summed E-state index contributed by atoms with van der Waals surface area (Å²) in [5, 5.41) is 9.25. The SMILES string of the molecule is CC[C@H]1COCCN1Cc1c(-c2cc(C)on2)nn(C)c1Cl. The molecule has 0 amide bonds. The van der Waals surface area contributed by atoms with E-state index in [1.165, 1.54) is 0 Å². The number of aryl methyl sites for hydroxylation is 2. The molecule has 0 N–H and O–H groups in total. The van der Waals surface area contributed by atoms with E-state index in [9.17, 15) is 0 Å². The maximum absolute atomic E-state index is 6.46. The lowest BCUT2D eigenvalue weighted by molar-refractivity contribution is -0.0126. The minimum atomic E-state index is 0.414. The fourth-order valence-corrected chi connectivity index (χ4v) is 3.03. The first kappa shape index (κ1) is 15.5. The molecular formula is C15H21ClN4O2. The topological polar surface area (TPSA) is 56.3 Å². The van der Waals surface area contributed by atoms with Crippen LogP contribution < -0.4 is 0 Å². The van der Waals surface area contributed by atoms with E-state index in [1.54, 1.807) is 4.68 Å². The zero-order valence-corrected chi connectivity index (χ0v) is 13.9. The largest absolute Gasteiger partial charge is 0.378 e. The molecule has 7 heteroatoms. The Morgan fingerprint density at radius 2 is 2.27 bits per heavy atom. The number of rotatable bonds is 4. The third-order valence-electron chi connectivity index (χ3n) is 4.12. The molecule has 1 atom stereocenters. The van der Waals surface area contributed by atoms with Crippen molar-refractivity contribution in [2.24, 2.45) is 7.05 Å². The van der Waals surface area contributed by atoms with Crippen molar-refractivity contribution in [2.75, 3.05) is 19.8 Å². The average molecular weight is 325 g/mol. The van der Waals surface area contributed by atoms with Crippen LogP contribution in [0.25, 0.3) is 11.4 Å². The summed E-state index contributed by atoms with van der Waals surface area (Å²) >= 11 is 6.46. The van der Waals surface area contributed by atoms with Crippen LogP contribution in [0, 0.1) is 6.92 Å². The standard InChI is InChI=1S/C15H21ClN4O2/c1-4-11-9-21-6-5-20(11)8-12-14(17-19(3)15(12)16)13-7-10(2)22-18-13/h7,11H,4-6,8-9H2,1-3H3/t11-/m0/s1. The summed E-state index contributed by atoms with van der Waals surface area (Å²) in [4.78, 5) is 2.41. The molecule has 0 spiro atoms. The molecule has 0 aromatic carbocycles. The Morgan fingerprint density at radius 1 is 1.45 bits per heavy atom. The van der Waals surface area contributed by atoms with Gasteiger partial charge in [-0.25, -0.2) is 0 Å². The fraction of sp³-hybridized carbons (Fsp3) is 0.600. The first-order valence-corrected chi connectivity index (χ1v) is 7.94. The van der Waals surface area contributed by atoms with Gasteiger partial charge in [-0.1, -0.05) is 23.7 Å². The molecule has 120 valence electrons. The van der Waals surface area contributed by atoms with E-state index in [0.717, 1.165) is 55.4 Å². The Balaban J connectivity index is 1.92. The van der Waals surface area contributed by atoms with Crippen molar-refractivity contribution >= 4 is 11.6 Å². The van der Waals surface area contributed by atoms with Crippen molar-refractivity contribution in [1.29, 1.82) is 0 Å². The number of hydrogen-bond donors (Lipinski definition) is 0. The zero-order valence-electron chi connectivity index (χ0n) is 13.2. The number of aromatic nitrogens is 3. The maximum atomic E-state index is 6.46. The minimum Gasteiger partial charge on any atom is -0.378 e. The van der Waals surface area contributed by atoms with E-state index >= 15 is 0 Å². The van der Waals surface area contributed by atoms with Crippen LogP contribution in [0.1, 0.15) is 24.7 Å². The number of nitrogens with zero attached hydrogens (tertiary/aromatic N) is 4. The lowest BCUT2D eigenvalue weighted by Gasteiger charge is -2.34. The van der Waals surface area contributed by atoms with E-state index in [0.29, 0.717) is 11.2 Å². The van der Waals surface area contributed by atoms with Crippen molar-refractivity contribution in [1.82, 2.24) is 19.8 Å². The van der Waals surface area contributed by atoms with Crippen LogP contribution in [-0.2, 0) is 18.3 Å². The van der Waals surface area contributed by atoms with Gasteiger partial charge in [-0.2, -0.15) is 5.10 Å². The van der Waals surface area contributed by atoms with Gasteiger partial charge >= 0.3 is 0 Å². The molecule has 0 unspecified atom stereocenters. The highest BCUT2D eigenvalue weighted by atomic mass is 35.5. The molecule has 0 radical (unpaired) electrons. The Hall–Kier alpha value is -1.37. The Morgan fingerprint density at radius 3 is 2.95 bits per heavy atom. The van der Waals surface area contributed by atoms with Gasteiger partial charge in [0.15, 0.2) is 0 Å². The summed E-state index contributed by atoms with van der Waals surface area (Å²) in [6.45, 7) is 7.23. The number of hydrogen-bond acceptors (Lipinski definition) is 5. The van der Waals surface area contributed by atoms with Gasteiger partial charge in [0, 0.05) is 37.8 Å². The van der Waals surface area contributed by atoms with Gasteiger partial charge in [-0.3, -0.25) is 9.58 Å². The van der Waals surface area contributed by atoms with Gasteiger partial charge in [0.2, 0.25) is 0 Å². The summed E-state index contributed by atoms with van der Waals surface area (Å²) in [7, 11) is 1.85. The van der Waals surface area contributed by atoms with Crippen molar-refractivity contribution in [3.05, 3.63) is 22.5 Å². The highest BCUT2D eigenvalue weighted by molar-refractivity contribution is 6.30. The molecule has 2 aromatic heterocycles. The van der Waals surface area contributed by atoms with Gasteiger partial charge < -0.3 is 9.26 Å². The van der Waals surface area contributed by atoms with Crippen molar-refractivity contribution in [2.45, 2.75) is 32.9 Å². The molecule has 3 rings (SSSR count). The predicted molar refractivity (Wildman–Crippen MR) is 83.8 cm³/mol. The van der Waals surface area contributed by atoms with Gasteiger partial charge in [0.1, 0.15) is 22.3 Å². The summed E-state index contributed by atoms with van der Waals surface area (Å²) < 4.78 is 12.4. The second-order valence-corrected chi connectivity index (χ2v) is 6.03. The third kappa shape index (κ3) is 2.91. The molecule has 22 heavy (non-hydrogen) atoms. The van der Waals surface area contributed by atoms with Crippen LogP contribution in [0.3, 0.4) is 0 Å². The highest BCUT2D eigenvalue weighted by Gasteiger charge is 2.26. The molecule has 1 saturated heterocycles. The van der Waals surface area contributed by atoms with Crippen LogP contribution in [0.2, 0.25) is 5.15 Å². The van der Waals surface area contributed by atoms with Crippen LogP contribution in [0.15, 0.2) is 10.6 Å². The smallest absolute Gasteiger partial charge is 0.134 e. The van der Waals surface area contributed by atoms with E-state index < -0.39 is 0 Å². The molecule has 0 bridgehead atoms. The summed E-state index contributed by atoms with van der Waals surface area (Å²) in [6, 6.07) is 2.30. The molecule has 0 saturated carbocycles. The van der Waals surface area contributed by atoms with E-state index in [4.69, 9.17) is 20.9 Å². The van der Waals surface area contributed by atoms with Crippen LogP contribution >= 0.6 is 11.6 Å². The molecule has 1 aliphatic rings. The molecule has 1 fully saturated rings. The second-order valence-electron chi connectivity index (χ2n) is 5.67. The summed E-state index contributed by atoms with van der Waals surface area (Å²) in [5.74, 6) is 0.764. The van der Waals surface area contributed by atoms with Gasteiger partial charge in [0.05, 0.1) is 13.2 Å². The van der Waals surface area contributed by atoms with E-state index in [2.05, 4.69) is 22.1 Å². The molecule has 6 nitrogen and oxygen atoms in total. The average Bonchev–Trinajstić information content (AvgIpc) is 3.06.